The lowest BCUT2D eigenvalue weighted by molar-refractivity contribution is -0.777. The molecule has 14 nitrogen and oxygen atoms in total. The average Bonchev–Trinajstić information content (AvgIpc) is 3.48. The fraction of sp³-hybridized carbons (Fsp3) is 0.325. The Bertz CT molecular complexity index is 1920. The van der Waals surface area contributed by atoms with E-state index in [0.29, 0.717) is 33.8 Å². The van der Waals surface area contributed by atoms with Crippen molar-refractivity contribution in [2.24, 2.45) is 0 Å². The lowest BCUT2D eigenvalue weighted by atomic mass is 9.94. The maximum atomic E-state index is 14.2. The van der Waals surface area contributed by atoms with E-state index in [0.717, 1.165) is 12.5 Å². The topological polar surface area (TPSA) is 189 Å². The maximum absolute atomic E-state index is 14.2. The van der Waals surface area contributed by atoms with Crippen molar-refractivity contribution in [2.45, 2.75) is 71.0 Å². The third-order valence-corrected chi connectivity index (χ3v) is 8.22. The number of para-hydroxylation sites is 1. The second-order valence-corrected chi connectivity index (χ2v) is 12.7. The van der Waals surface area contributed by atoms with Crippen molar-refractivity contribution in [1.82, 2.24) is 4.57 Å². The van der Waals surface area contributed by atoms with Crippen LogP contribution in [0.3, 0.4) is 0 Å². The van der Waals surface area contributed by atoms with Crippen molar-refractivity contribution in [3.05, 3.63) is 124 Å². The van der Waals surface area contributed by atoms with Gasteiger partial charge in [0.05, 0.1) is 29.9 Å². The minimum Gasteiger partial charge on any atom is -0.461 e. The van der Waals surface area contributed by atoms with Crippen molar-refractivity contribution in [3.63, 3.8) is 0 Å². The Morgan fingerprint density at radius 3 is 2.11 bits per heavy atom. The van der Waals surface area contributed by atoms with E-state index in [9.17, 15) is 39.1 Å². The molecule has 0 radical (unpaired) electrons. The Labute approximate surface area is 317 Å². The molecule has 0 spiro atoms. The SMILES string of the molecule is CC(OC(=O)OC/C=C\COC(=O)CC(O)CC(O)CCn1c(-c2ccc(F)cc2)c(-c2ccccc2)c(C(=O)Nc2ccccc2)c1C(C)C)O[N+](=O)[O-]. The van der Waals surface area contributed by atoms with Gasteiger partial charge in [-0.1, -0.05) is 62.4 Å². The van der Waals surface area contributed by atoms with Gasteiger partial charge in [-0.2, -0.15) is 0 Å². The fourth-order valence-corrected chi connectivity index (χ4v) is 5.96. The van der Waals surface area contributed by atoms with Gasteiger partial charge in [0.1, 0.15) is 19.0 Å². The van der Waals surface area contributed by atoms with Gasteiger partial charge in [-0.25, -0.2) is 9.18 Å². The monoisotopic (exact) mass is 761 g/mol. The molecule has 0 bridgehead atoms. The molecule has 3 N–H and O–H groups in total. The summed E-state index contributed by atoms with van der Waals surface area (Å²) in [4.78, 5) is 52.3. The van der Waals surface area contributed by atoms with Crippen molar-refractivity contribution < 1.29 is 53.1 Å². The summed E-state index contributed by atoms with van der Waals surface area (Å²) in [5.74, 6) is -1.65. The molecule has 0 fully saturated rings. The van der Waals surface area contributed by atoms with Gasteiger partial charge < -0.3 is 34.3 Å². The summed E-state index contributed by atoms with van der Waals surface area (Å²) in [6.07, 6.45) is -2.61. The molecule has 0 saturated carbocycles. The molecule has 3 atom stereocenters. The Morgan fingerprint density at radius 1 is 0.873 bits per heavy atom. The lowest BCUT2D eigenvalue weighted by Crippen LogP contribution is -2.23. The zero-order valence-electron chi connectivity index (χ0n) is 30.6. The normalized spacial score (nSPS) is 12.9. The van der Waals surface area contributed by atoms with E-state index in [4.69, 9.17) is 9.47 Å². The number of benzene rings is 3. The Morgan fingerprint density at radius 2 is 1.49 bits per heavy atom. The summed E-state index contributed by atoms with van der Waals surface area (Å²) in [5, 5.41) is 33.9. The second-order valence-electron chi connectivity index (χ2n) is 12.7. The van der Waals surface area contributed by atoms with Gasteiger partial charge in [-0.3, -0.25) is 14.4 Å². The van der Waals surface area contributed by atoms with Crippen LogP contribution in [0.5, 0.6) is 0 Å². The predicted octanol–water partition coefficient (Wildman–Crippen LogP) is 7.04. The largest absolute Gasteiger partial charge is 0.510 e. The number of hydrogen-bond acceptors (Lipinski definition) is 11. The van der Waals surface area contributed by atoms with Crippen LogP contribution in [0.2, 0.25) is 0 Å². The highest BCUT2D eigenvalue weighted by molar-refractivity contribution is 6.12. The molecule has 15 heteroatoms. The summed E-state index contributed by atoms with van der Waals surface area (Å²) in [6.45, 7) is 4.82. The second kappa shape index (κ2) is 20.4. The van der Waals surface area contributed by atoms with Gasteiger partial charge in [-0.15, -0.1) is 10.1 Å². The standard InChI is InChI=1S/C40H44FN3O11/c1-26(2)37-36(39(48)42-31-14-8-5-9-15-31)35(28-12-6-4-7-13-28)38(29-16-18-30(41)19-17-29)43(37)21-20-32(45)24-33(46)25-34(47)52-22-10-11-23-53-40(49)54-27(3)55-44(50)51/h4-19,26-27,32-33,45-46H,20-25H2,1-3H3,(H,42,48)/b11-10-. The number of amides is 1. The molecule has 0 aliphatic heterocycles. The molecule has 1 aromatic heterocycles. The van der Waals surface area contributed by atoms with Crippen LogP contribution in [0, 0.1) is 15.9 Å². The molecule has 4 aromatic rings. The molecule has 1 amide bonds. The fourth-order valence-electron chi connectivity index (χ4n) is 5.96. The molecule has 292 valence electrons. The van der Waals surface area contributed by atoms with Crippen LogP contribution in [0.4, 0.5) is 14.9 Å². The smallest absolute Gasteiger partial charge is 0.461 e. The molecule has 55 heavy (non-hydrogen) atoms. The van der Waals surface area contributed by atoms with Gasteiger partial charge >= 0.3 is 12.1 Å². The highest BCUT2D eigenvalue weighted by atomic mass is 19.1. The Kier molecular flexibility index (Phi) is 15.5. The average molecular weight is 762 g/mol. The first-order valence-corrected chi connectivity index (χ1v) is 17.6. The lowest BCUT2D eigenvalue weighted by Gasteiger charge is -2.20. The number of aliphatic hydroxyl groups is 2. The van der Waals surface area contributed by atoms with E-state index >= 15 is 0 Å². The quantitative estimate of drug-likeness (QED) is 0.0292. The number of halogens is 1. The first-order valence-electron chi connectivity index (χ1n) is 17.6. The van der Waals surface area contributed by atoms with Crippen LogP contribution in [0.25, 0.3) is 22.4 Å². The minimum atomic E-state index is -1.46. The van der Waals surface area contributed by atoms with Crippen LogP contribution < -0.4 is 5.32 Å². The highest BCUT2D eigenvalue weighted by Crippen LogP contribution is 2.42. The number of aliphatic hydroxyl groups excluding tert-OH is 2. The number of nitrogens with zero attached hydrogens (tertiary/aromatic N) is 2. The number of aromatic nitrogens is 1. The van der Waals surface area contributed by atoms with E-state index in [1.54, 1.807) is 24.3 Å². The number of rotatable bonds is 19. The van der Waals surface area contributed by atoms with Crippen molar-refractivity contribution in [3.8, 4) is 22.4 Å². The molecular weight excluding hydrogens is 717 g/mol. The van der Waals surface area contributed by atoms with Gasteiger partial charge in [0, 0.05) is 23.5 Å². The van der Waals surface area contributed by atoms with Crippen molar-refractivity contribution in [1.29, 1.82) is 0 Å². The van der Waals surface area contributed by atoms with Gasteiger partial charge in [0.15, 0.2) is 0 Å². The van der Waals surface area contributed by atoms with E-state index in [2.05, 4.69) is 14.9 Å². The zero-order chi connectivity index (χ0) is 39.9. The summed E-state index contributed by atoms with van der Waals surface area (Å²) in [7, 11) is 0. The van der Waals surface area contributed by atoms with Crippen LogP contribution >= 0.6 is 0 Å². The first-order chi connectivity index (χ1) is 26.3. The van der Waals surface area contributed by atoms with Gasteiger partial charge in [-0.05, 0) is 85.4 Å². The van der Waals surface area contributed by atoms with E-state index in [1.807, 2.05) is 66.9 Å². The molecular formula is C40H44FN3O11. The van der Waals surface area contributed by atoms with Gasteiger partial charge in [0.2, 0.25) is 6.29 Å². The van der Waals surface area contributed by atoms with E-state index < -0.39 is 47.9 Å². The van der Waals surface area contributed by atoms with E-state index in [1.165, 1.54) is 24.3 Å². The highest BCUT2D eigenvalue weighted by Gasteiger charge is 2.31. The number of carbonyl (C=O) groups excluding carboxylic acids is 3. The molecule has 0 saturated heterocycles. The molecule has 3 aromatic carbocycles. The van der Waals surface area contributed by atoms with Crippen LogP contribution in [0.1, 0.15) is 62.0 Å². The third-order valence-electron chi connectivity index (χ3n) is 8.22. The molecule has 0 aliphatic rings. The van der Waals surface area contributed by atoms with Crippen LogP contribution in [-0.2, 0) is 30.4 Å². The number of carbonyl (C=O) groups is 3. The van der Waals surface area contributed by atoms with Crippen molar-refractivity contribution in [2.75, 3.05) is 18.5 Å². The zero-order valence-corrected chi connectivity index (χ0v) is 30.6. The summed E-state index contributed by atoms with van der Waals surface area (Å²) >= 11 is 0. The van der Waals surface area contributed by atoms with Crippen LogP contribution in [-0.4, -0.2) is 69.6 Å². The number of ether oxygens (including phenoxy) is 3. The molecule has 4 rings (SSSR count). The van der Waals surface area contributed by atoms with Gasteiger partial charge in [0.25, 0.3) is 11.0 Å². The van der Waals surface area contributed by atoms with Crippen molar-refractivity contribution >= 4 is 23.7 Å². The molecule has 1 heterocycles. The predicted molar refractivity (Wildman–Crippen MR) is 200 cm³/mol. The Hall–Kier alpha value is -6.06. The third kappa shape index (κ3) is 12.5. The number of esters is 1. The molecule has 0 aliphatic carbocycles. The Balaban J connectivity index is 1.46. The number of hydrogen-bond donors (Lipinski definition) is 3. The number of nitrogens with one attached hydrogen (secondary N) is 1. The van der Waals surface area contributed by atoms with Crippen LogP contribution in [0.15, 0.2) is 97.1 Å². The molecule has 3 unspecified atom stereocenters. The minimum absolute atomic E-state index is 0.142. The summed E-state index contributed by atoms with van der Waals surface area (Å²) < 4.78 is 30.4. The first kappa shape index (κ1) is 41.7. The summed E-state index contributed by atoms with van der Waals surface area (Å²) in [5.41, 5.74) is 4.51. The van der Waals surface area contributed by atoms with E-state index in [-0.39, 0.29) is 44.4 Å². The number of anilines is 1. The maximum Gasteiger partial charge on any atom is 0.510 e. The summed E-state index contributed by atoms with van der Waals surface area (Å²) in [6, 6.07) is 24.5.